The van der Waals surface area contributed by atoms with Crippen molar-refractivity contribution in [2.24, 2.45) is 5.41 Å². The lowest BCUT2D eigenvalue weighted by Gasteiger charge is -2.17. The monoisotopic (exact) mass is 198 g/mol. The maximum atomic E-state index is 11.3. The van der Waals surface area contributed by atoms with Gasteiger partial charge >= 0.3 is 0 Å². The highest BCUT2D eigenvalue weighted by atomic mass is 16.1. The number of hydrogen-bond acceptors (Lipinski definition) is 1. The van der Waals surface area contributed by atoms with Gasteiger partial charge in [-0.05, 0) is 24.7 Å². The van der Waals surface area contributed by atoms with E-state index >= 15 is 0 Å². The summed E-state index contributed by atoms with van der Waals surface area (Å²) >= 11 is 0. The van der Waals surface area contributed by atoms with Crippen molar-refractivity contribution in [3.63, 3.8) is 0 Å². The highest BCUT2D eigenvalue weighted by Gasteiger charge is 2.09. The van der Waals surface area contributed by atoms with E-state index in [1.165, 1.54) is 12.8 Å². The lowest BCUT2D eigenvalue weighted by Crippen LogP contribution is -2.05. The molecule has 1 heteroatoms. The van der Waals surface area contributed by atoms with Gasteiger partial charge in [0, 0.05) is 12.8 Å². The quantitative estimate of drug-likeness (QED) is 0.556. The molecule has 0 spiro atoms. The molecule has 0 aromatic heterocycles. The molecular formula is C13H26O. The van der Waals surface area contributed by atoms with E-state index in [1.807, 2.05) is 0 Å². The summed E-state index contributed by atoms with van der Waals surface area (Å²) in [5.41, 5.74) is 0.423. The van der Waals surface area contributed by atoms with E-state index in [0.29, 0.717) is 11.2 Å². The SMILES string of the molecule is CCCCC(=O)CCCCC(C)(C)C. The minimum atomic E-state index is 0.423. The Morgan fingerprint density at radius 3 is 2.07 bits per heavy atom. The molecular weight excluding hydrogens is 172 g/mol. The van der Waals surface area contributed by atoms with Crippen molar-refractivity contribution < 1.29 is 4.79 Å². The second-order valence-electron chi connectivity index (χ2n) is 5.41. The fraction of sp³-hybridized carbons (Fsp3) is 0.923. The minimum Gasteiger partial charge on any atom is -0.300 e. The molecule has 0 bridgehead atoms. The van der Waals surface area contributed by atoms with Crippen LogP contribution in [0.25, 0.3) is 0 Å². The van der Waals surface area contributed by atoms with E-state index in [4.69, 9.17) is 0 Å². The van der Waals surface area contributed by atoms with Crippen molar-refractivity contribution in [1.82, 2.24) is 0 Å². The summed E-state index contributed by atoms with van der Waals surface area (Å²) < 4.78 is 0. The Bertz CT molecular complexity index is 153. The second kappa shape index (κ2) is 7.03. The maximum absolute atomic E-state index is 11.3. The standard InChI is InChI=1S/C13H26O/c1-5-6-9-12(14)10-7-8-11-13(2,3)4/h5-11H2,1-4H3. The fourth-order valence-electron chi connectivity index (χ4n) is 1.48. The Kier molecular flexibility index (Phi) is 6.86. The Balaban J connectivity index is 3.32. The molecule has 0 saturated carbocycles. The molecule has 0 amide bonds. The average molecular weight is 198 g/mol. The molecule has 0 rings (SSSR count). The number of ketones is 1. The molecule has 0 aliphatic rings. The molecule has 0 radical (unpaired) electrons. The summed E-state index contributed by atoms with van der Waals surface area (Å²) in [4.78, 5) is 11.3. The first-order valence-corrected chi connectivity index (χ1v) is 5.97. The van der Waals surface area contributed by atoms with E-state index < -0.39 is 0 Å². The van der Waals surface area contributed by atoms with Gasteiger partial charge in [-0.3, -0.25) is 4.79 Å². The first-order chi connectivity index (χ1) is 6.45. The number of Topliss-reactive ketones (excluding diaryl/α,β-unsaturated/α-hetero) is 1. The molecule has 0 aromatic rings. The zero-order chi connectivity index (χ0) is 11.0. The number of hydrogen-bond donors (Lipinski definition) is 0. The highest BCUT2D eigenvalue weighted by molar-refractivity contribution is 5.78. The Morgan fingerprint density at radius 1 is 1.00 bits per heavy atom. The topological polar surface area (TPSA) is 17.1 Å². The number of carbonyl (C=O) groups is 1. The van der Waals surface area contributed by atoms with Gasteiger partial charge < -0.3 is 0 Å². The molecule has 84 valence electrons. The first-order valence-electron chi connectivity index (χ1n) is 5.97. The van der Waals surface area contributed by atoms with Crippen molar-refractivity contribution >= 4 is 5.78 Å². The summed E-state index contributed by atoms with van der Waals surface area (Å²) in [5, 5.41) is 0. The van der Waals surface area contributed by atoms with E-state index in [-0.39, 0.29) is 0 Å². The molecule has 0 unspecified atom stereocenters. The van der Waals surface area contributed by atoms with Gasteiger partial charge in [0.15, 0.2) is 0 Å². The van der Waals surface area contributed by atoms with Gasteiger partial charge in [-0.15, -0.1) is 0 Å². The molecule has 0 fully saturated rings. The van der Waals surface area contributed by atoms with Gasteiger partial charge in [-0.2, -0.15) is 0 Å². The van der Waals surface area contributed by atoms with Crippen LogP contribution in [-0.2, 0) is 4.79 Å². The molecule has 0 heterocycles. The smallest absolute Gasteiger partial charge is 0.132 e. The fourth-order valence-corrected chi connectivity index (χ4v) is 1.48. The van der Waals surface area contributed by atoms with Crippen molar-refractivity contribution in [2.75, 3.05) is 0 Å². The normalized spacial score (nSPS) is 11.7. The van der Waals surface area contributed by atoms with Crippen molar-refractivity contribution in [3.05, 3.63) is 0 Å². The molecule has 0 aromatic carbocycles. The molecule has 0 N–H and O–H groups in total. The first kappa shape index (κ1) is 13.7. The van der Waals surface area contributed by atoms with Gasteiger partial charge in [0.25, 0.3) is 0 Å². The van der Waals surface area contributed by atoms with Crippen LogP contribution in [0.5, 0.6) is 0 Å². The second-order valence-corrected chi connectivity index (χ2v) is 5.41. The van der Waals surface area contributed by atoms with E-state index in [2.05, 4.69) is 27.7 Å². The van der Waals surface area contributed by atoms with Gasteiger partial charge in [0.2, 0.25) is 0 Å². The van der Waals surface area contributed by atoms with Crippen LogP contribution < -0.4 is 0 Å². The maximum Gasteiger partial charge on any atom is 0.132 e. The third kappa shape index (κ3) is 9.76. The molecule has 0 aliphatic heterocycles. The Hall–Kier alpha value is -0.330. The van der Waals surface area contributed by atoms with Crippen LogP contribution in [-0.4, -0.2) is 5.78 Å². The van der Waals surface area contributed by atoms with Gasteiger partial charge in [-0.25, -0.2) is 0 Å². The summed E-state index contributed by atoms with van der Waals surface area (Å²) in [6.07, 6.45) is 7.31. The minimum absolute atomic E-state index is 0.423. The lowest BCUT2D eigenvalue weighted by atomic mass is 9.89. The Labute approximate surface area is 89.3 Å². The van der Waals surface area contributed by atoms with E-state index in [9.17, 15) is 4.79 Å². The largest absolute Gasteiger partial charge is 0.300 e. The van der Waals surface area contributed by atoms with Gasteiger partial charge in [-0.1, -0.05) is 40.5 Å². The summed E-state index contributed by atoms with van der Waals surface area (Å²) in [7, 11) is 0. The van der Waals surface area contributed by atoms with Crippen molar-refractivity contribution in [1.29, 1.82) is 0 Å². The summed E-state index contributed by atoms with van der Waals surface area (Å²) in [6, 6.07) is 0. The highest BCUT2D eigenvalue weighted by Crippen LogP contribution is 2.22. The molecule has 0 saturated heterocycles. The number of carbonyl (C=O) groups excluding carboxylic acids is 1. The van der Waals surface area contributed by atoms with Crippen LogP contribution >= 0.6 is 0 Å². The third-order valence-corrected chi connectivity index (χ3v) is 2.44. The number of unbranched alkanes of at least 4 members (excludes halogenated alkanes) is 2. The van der Waals surface area contributed by atoms with Crippen molar-refractivity contribution in [2.45, 2.75) is 72.6 Å². The summed E-state index contributed by atoms with van der Waals surface area (Å²) in [6.45, 7) is 8.90. The van der Waals surface area contributed by atoms with Crippen LogP contribution in [0.1, 0.15) is 72.6 Å². The predicted octanol–water partition coefficient (Wildman–Crippen LogP) is 4.35. The van der Waals surface area contributed by atoms with Crippen molar-refractivity contribution in [3.8, 4) is 0 Å². The lowest BCUT2D eigenvalue weighted by molar-refractivity contribution is -0.119. The van der Waals surface area contributed by atoms with Gasteiger partial charge in [0.05, 0.1) is 0 Å². The molecule has 1 nitrogen and oxygen atoms in total. The number of rotatable bonds is 7. The summed E-state index contributed by atoms with van der Waals surface area (Å²) in [5.74, 6) is 0.459. The van der Waals surface area contributed by atoms with E-state index in [0.717, 1.165) is 32.1 Å². The van der Waals surface area contributed by atoms with Gasteiger partial charge in [0.1, 0.15) is 5.78 Å². The molecule has 0 atom stereocenters. The Morgan fingerprint density at radius 2 is 1.57 bits per heavy atom. The van der Waals surface area contributed by atoms with E-state index in [1.54, 1.807) is 0 Å². The van der Waals surface area contributed by atoms with Crippen LogP contribution in [0.3, 0.4) is 0 Å². The van der Waals surface area contributed by atoms with Crippen LogP contribution in [0.4, 0.5) is 0 Å². The van der Waals surface area contributed by atoms with Crippen LogP contribution in [0.2, 0.25) is 0 Å². The third-order valence-electron chi connectivity index (χ3n) is 2.44. The molecule has 0 aliphatic carbocycles. The zero-order valence-corrected chi connectivity index (χ0v) is 10.4. The zero-order valence-electron chi connectivity index (χ0n) is 10.4. The predicted molar refractivity (Wildman–Crippen MR) is 62.5 cm³/mol. The van der Waals surface area contributed by atoms with Crippen LogP contribution in [0.15, 0.2) is 0 Å². The average Bonchev–Trinajstić information content (AvgIpc) is 2.07. The molecule has 14 heavy (non-hydrogen) atoms. The van der Waals surface area contributed by atoms with Crippen LogP contribution in [0, 0.1) is 5.41 Å².